The lowest BCUT2D eigenvalue weighted by Crippen LogP contribution is -2.37. The fourth-order valence-corrected chi connectivity index (χ4v) is 4.07. The van der Waals surface area contributed by atoms with Crippen LogP contribution >= 0.6 is 11.6 Å². The van der Waals surface area contributed by atoms with Gasteiger partial charge in [0.25, 0.3) is 0 Å². The predicted octanol–water partition coefficient (Wildman–Crippen LogP) is 4.29. The first-order valence-electron chi connectivity index (χ1n) is 11.4. The Hall–Kier alpha value is -3.20. The van der Waals surface area contributed by atoms with Crippen LogP contribution in [0.25, 0.3) is 22.3 Å². The largest absolute Gasteiger partial charge is 0.378 e. The van der Waals surface area contributed by atoms with Gasteiger partial charge in [0.2, 0.25) is 5.95 Å². The molecule has 0 radical (unpaired) electrons. The number of benzene rings is 2. The second-order valence-electron chi connectivity index (χ2n) is 8.61. The normalized spacial score (nSPS) is 14.2. The van der Waals surface area contributed by atoms with Gasteiger partial charge in [-0.2, -0.15) is 4.98 Å². The number of imidazole rings is 1. The van der Waals surface area contributed by atoms with Crippen LogP contribution in [-0.4, -0.2) is 71.4 Å². The van der Waals surface area contributed by atoms with Crippen molar-refractivity contribution >= 4 is 40.1 Å². The molecule has 9 heteroatoms. The third kappa shape index (κ3) is 5.14. The Morgan fingerprint density at radius 1 is 1.03 bits per heavy atom. The number of hydrogen-bond donors (Lipinski definition) is 1. The first-order chi connectivity index (χ1) is 16.5. The number of morpholine rings is 1. The third-order valence-corrected chi connectivity index (χ3v) is 6.08. The van der Waals surface area contributed by atoms with E-state index < -0.39 is 0 Å². The summed E-state index contributed by atoms with van der Waals surface area (Å²) in [4.78, 5) is 18.7. The van der Waals surface area contributed by atoms with E-state index in [2.05, 4.69) is 57.0 Å². The van der Waals surface area contributed by atoms with Gasteiger partial charge in [0.15, 0.2) is 0 Å². The number of likely N-dealkylation sites (N-methyl/N-ethyl adjacent to an activating group) is 1. The maximum atomic E-state index is 6.05. The molecule has 0 bridgehead atoms. The van der Waals surface area contributed by atoms with E-state index in [-0.39, 0.29) is 0 Å². The number of ether oxygens (including phenoxy) is 1. The number of rotatable bonds is 7. The van der Waals surface area contributed by atoms with E-state index in [4.69, 9.17) is 26.3 Å². The summed E-state index contributed by atoms with van der Waals surface area (Å²) in [6.07, 6.45) is 1.91. The van der Waals surface area contributed by atoms with Crippen molar-refractivity contribution in [2.45, 2.75) is 6.54 Å². The van der Waals surface area contributed by atoms with E-state index in [1.165, 1.54) is 0 Å². The number of fused-ring (bicyclic) bond motifs is 1. The Morgan fingerprint density at radius 3 is 2.59 bits per heavy atom. The first kappa shape index (κ1) is 22.6. The molecule has 8 nitrogen and oxygen atoms in total. The summed E-state index contributed by atoms with van der Waals surface area (Å²) in [5.74, 6) is 1.42. The summed E-state index contributed by atoms with van der Waals surface area (Å²) >= 11 is 6.05. The van der Waals surface area contributed by atoms with Gasteiger partial charge in [-0.3, -0.25) is 0 Å². The van der Waals surface area contributed by atoms with Crippen LogP contribution in [0.1, 0.15) is 0 Å². The van der Waals surface area contributed by atoms with E-state index in [1.54, 1.807) is 0 Å². The lowest BCUT2D eigenvalue weighted by atomic mass is 10.1. The zero-order valence-corrected chi connectivity index (χ0v) is 20.2. The number of anilines is 3. The molecule has 1 fully saturated rings. The Labute approximate surface area is 204 Å². The van der Waals surface area contributed by atoms with Crippen molar-refractivity contribution in [2.75, 3.05) is 57.2 Å². The van der Waals surface area contributed by atoms with Gasteiger partial charge < -0.3 is 24.4 Å². The summed E-state index contributed by atoms with van der Waals surface area (Å²) in [6.45, 7) is 4.72. The molecule has 0 aliphatic carbocycles. The van der Waals surface area contributed by atoms with Crippen molar-refractivity contribution in [3.05, 3.63) is 59.9 Å². The third-order valence-electron chi connectivity index (χ3n) is 5.83. The van der Waals surface area contributed by atoms with Crippen molar-refractivity contribution in [1.82, 2.24) is 24.4 Å². The molecule has 4 aromatic rings. The summed E-state index contributed by atoms with van der Waals surface area (Å²) in [5.41, 5.74) is 4.83. The van der Waals surface area contributed by atoms with Crippen molar-refractivity contribution in [2.24, 2.45) is 0 Å². The van der Waals surface area contributed by atoms with Crippen LogP contribution in [0.4, 0.5) is 17.5 Å². The molecule has 2 aromatic heterocycles. The summed E-state index contributed by atoms with van der Waals surface area (Å²) in [6, 6.07) is 15.9. The smallest absolute Gasteiger partial charge is 0.228 e. The molecular formula is C25H28ClN7O. The number of nitrogens with zero attached hydrogens (tertiary/aromatic N) is 6. The summed E-state index contributed by atoms with van der Waals surface area (Å²) in [7, 11) is 4.15. The van der Waals surface area contributed by atoms with Crippen LogP contribution in [0, 0.1) is 0 Å². The molecular weight excluding hydrogens is 450 g/mol. The monoisotopic (exact) mass is 477 g/mol. The van der Waals surface area contributed by atoms with Crippen molar-refractivity contribution < 1.29 is 4.74 Å². The average molecular weight is 478 g/mol. The van der Waals surface area contributed by atoms with Crippen LogP contribution in [0.3, 0.4) is 0 Å². The topological polar surface area (TPSA) is 71.3 Å². The highest BCUT2D eigenvalue weighted by atomic mass is 35.5. The summed E-state index contributed by atoms with van der Waals surface area (Å²) in [5, 5.41) is 4.09. The maximum Gasteiger partial charge on any atom is 0.228 e. The molecule has 176 valence electrons. The SMILES string of the molecule is CN(C)CCn1cnc2cc(-c3cc(Nc4ccc(Cl)cc4)nc(N4CCOCC4)n3)ccc21. The van der Waals surface area contributed by atoms with Crippen molar-refractivity contribution in [3.8, 4) is 11.3 Å². The molecule has 1 saturated heterocycles. The van der Waals surface area contributed by atoms with Crippen molar-refractivity contribution in [3.63, 3.8) is 0 Å². The fourth-order valence-electron chi connectivity index (χ4n) is 3.94. The summed E-state index contributed by atoms with van der Waals surface area (Å²) < 4.78 is 7.71. The van der Waals surface area contributed by atoms with Gasteiger partial charge >= 0.3 is 0 Å². The van der Waals surface area contributed by atoms with E-state index in [0.29, 0.717) is 24.2 Å². The molecule has 0 unspecified atom stereocenters. The van der Waals surface area contributed by atoms with Crippen LogP contribution in [0.15, 0.2) is 54.9 Å². The van der Waals surface area contributed by atoms with Gasteiger partial charge in [-0.1, -0.05) is 17.7 Å². The van der Waals surface area contributed by atoms with Gasteiger partial charge in [0.1, 0.15) is 5.82 Å². The van der Waals surface area contributed by atoms with Crippen LogP contribution in [0.2, 0.25) is 5.02 Å². The predicted molar refractivity (Wildman–Crippen MR) is 137 cm³/mol. The standard InChI is InChI=1S/C25H28ClN7O/c1-31(2)9-10-33-17-27-22-15-18(3-8-23(22)33)21-16-24(28-20-6-4-19(26)5-7-20)30-25(29-21)32-11-13-34-14-12-32/h3-8,15-17H,9-14H2,1-2H3,(H,28,29,30). The number of hydrogen-bond acceptors (Lipinski definition) is 7. The Balaban J connectivity index is 1.50. The highest BCUT2D eigenvalue weighted by molar-refractivity contribution is 6.30. The second kappa shape index (κ2) is 9.97. The molecule has 0 amide bonds. The maximum absolute atomic E-state index is 6.05. The number of halogens is 1. The molecule has 1 aliphatic heterocycles. The van der Waals surface area contributed by atoms with Gasteiger partial charge in [0.05, 0.1) is 36.3 Å². The zero-order chi connectivity index (χ0) is 23.5. The molecule has 5 rings (SSSR count). The van der Waals surface area contributed by atoms with E-state index in [9.17, 15) is 0 Å². The number of nitrogens with one attached hydrogen (secondary N) is 1. The average Bonchev–Trinajstić information content (AvgIpc) is 3.27. The van der Waals surface area contributed by atoms with Crippen molar-refractivity contribution in [1.29, 1.82) is 0 Å². The molecule has 34 heavy (non-hydrogen) atoms. The van der Waals surface area contributed by atoms with Crippen LogP contribution in [0.5, 0.6) is 0 Å². The van der Waals surface area contributed by atoms with Gasteiger partial charge in [0, 0.05) is 48.5 Å². The lowest BCUT2D eigenvalue weighted by molar-refractivity contribution is 0.122. The molecule has 0 atom stereocenters. The Bertz CT molecular complexity index is 1270. The fraction of sp³-hybridized carbons (Fsp3) is 0.320. The Morgan fingerprint density at radius 2 is 1.82 bits per heavy atom. The molecule has 2 aromatic carbocycles. The molecule has 1 aliphatic rings. The minimum Gasteiger partial charge on any atom is -0.378 e. The minimum absolute atomic E-state index is 0.671. The first-order valence-corrected chi connectivity index (χ1v) is 11.8. The van der Waals surface area contributed by atoms with Gasteiger partial charge in [-0.15, -0.1) is 0 Å². The van der Waals surface area contributed by atoms with Gasteiger partial charge in [-0.05, 0) is 50.5 Å². The quantitative estimate of drug-likeness (QED) is 0.425. The lowest BCUT2D eigenvalue weighted by Gasteiger charge is -2.27. The van der Waals surface area contributed by atoms with Crippen LogP contribution < -0.4 is 10.2 Å². The minimum atomic E-state index is 0.671. The zero-order valence-electron chi connectivity index (χ0n) is 19.4. The molecule has 0 saturated carbocycles. The molecule has 1 N–H and O–H groups in total. The van der Waals surface area contributed by atoms with E-state index in [0.717, 1.165) is 60.0 Å². The molecule has 0 spiro atoms. The number of aromatic nitrogens is 4. The highest BCUT2D eigenvalue weighted by Crippen LogP contribution is 2.28. The highest BCUT2D eigenvalue weighted by Gasteiger charge is 2.17. The van der Waals surface area contributed by atoms with Gasteiger partial charge in [-0.25, -0.2) is 9.97 Å². The second-order valence-corrected chi connectivity index (χ2v) is 9.05. The van der Waals surface area contributed by atoms with E-state index >= 15 is 0 Å². The van der Waals surface area contributed by atoms with Crippen LogP contribution in [-0.2, 0) is 11.3 Å². The molecule has 3 heterocycles. The Kier molecular flexibility index (Phi) is 6.62. The van der Waals surface area contributed by atoms with E-state index in [1.807, 2.05) is 36.7 Å².